The highest BCUT2D eigenvalue weighted by Crippen LogP contribution is 2.22. The van der Waals surface area contributed by atoms with E-state index in [1.807, 2.05) is 11.8 Å². The fraction of sp³-hybridized carbons (Fsp3) is 0.455. The first-order chi connectivity index (χ1) is 8.80. The van der Waals surface area contributed by atoms with Gasteiger partial charge in [-0.25, -0.2) is 4.98 Å². The number of fused-ring (bicyclic) bond motifs is 1. The number of rotatable bonds is 5. The van der Waals surface area contributed by atoms with Gasteiger partial charge in [0.1, 0.15) is 5.52 Å². The van der Waals surface area contributed by atoms with Gasteiger partial charge in [0.15, 0.2) is 11.5 Å². The Morgan fingerprint density at radius 2 is 2.33 bits per heavy atom. The lowest BCUT2D eigenvalue weighted by molar-refractivity contribution is 0.813. The van der Waals surface area contributed by atoms with Gasteiger partial charge in [-0.3, -0.25) is 0 Å². The van der Waals surface area contributed by atoms with E-state index in [0.717, 1.165) is 17.9 Å². The van der Waals surface area contributed by atoms with Crippen LogP contribution in [0.15, 0.2) is 6.33 Å². The Hall–Kier alpha value is -2.36. The second-order valence-electron chi connectivity index (χ2n) is 3.71. The van der Waals surface area contributed by atoms with Gasteiger partial charge in [-0.2, -0.15) is 15.2 Å². The number of nitriles is 1. The van der Waals surface area contributed by atoms with Gasteiger partial charge in [0.05, 0.1) is 18.8 Å². The summed E-state index contributed by atoms with van der Waals surface area (Å²) < 4.78 is 0. The van der Waals surface area contributed by atoms with Crippen LogP contribution in [0.25, 0.3) is 11.2 Å². The maximum absolute atomic E-state index is 8.69. The molecule has 0 spiro atoms. The molecule has 2 aromatic heterocycles. The van der Waals surface area contributed by atoms with Crippen molar-refractivity contribution in [2.24, 2.45) is 0 Å². The molecule has 0 aliphatic carbocycles. The van der Waals surface area contributed by atoms with E-state index in [2.05, 4.69) is 31.3 Å². The molecule has 7 heteroatoms. The van der Waals surface area contributed by atoms with Gasteiger partial charge >= 0.3 is 0 Å². The smallest absolute Gasteiger partial charge is 0.226 e. The van der Waals surface area contributed by atoms with Crippen molar-refractivity contribution >= 4 is 22.9 Å². The van der Waals surface area contributed by atoms with Crippen LogP contribution in [0.3, 0.4) is 0 Å². The summed E-state index contributed by atoms with van der Waals surface area (Å²) in [5.41, 5.74) is 1.42. The van der Waals surface area contributed by atoms with E-state index < -0.39 is 0 Å². The van der Waals surface area contributed by atoms with Crippen LogP contribution in [-0.2, 0) is 0 Å². The van der Waals surface area contributed by atoms with Crippen molar-refractivity contribution in [3.63, 3.8) is 0 Å². The molecule has 0 aromatic carbocycles. The zero-order valence-electron chi connectivity index (χ0n) is 10.4. The lowest BCUT2D eigenvalue weighted by Gasteiger charge is -2.21. The van der Waals surface area contributed by atoms with Crippen molar-refractivity contribution in [3.8, 4) is 6.07 Å². The monoisotopic (exact) mass is 245 g/mol. The molecule has 2 aromatic rings. The molecule has 0 bridgehead atoms. The molecule has 2 N–H and O–H groups in total. The minimum Gasteiger partial charge on any atom is -0.357 e. The summed E-state index contributed by atoms with van der Waals surface area (Å²) in [6.07, 6.45) is 2.06. The summed E-state index contributed by atoms with van der Waals surface area (Å²) in [4.78, 5) is 17.9. The third-order valence-corrected chi connectivity index (χ3v) is 2.66. The number of hydrogen-bond acceptors (Lipinski definition) is 6. The van der Waals surface area contributed by atoms with E-state index in [1.54, 1.807) is 13.4 Å². The Morgan fingerprint density at radius 3 is 3.00 bits per heavy atom. The van der Waals surface area contributed by atoms with Crippen LogP contribution in [0.1, 0.15) is 13.3 Å². The van der Waals surface area contributed by atoms with Crippen molar-refractivity contribution in [3.05, 3.63) is 6.33 Å². The molecule has 2 heterocycles. The second kappa shape index (κ2) is 5.31. The van der Waals surface area contributed by atoms with Gasteiger partial charge < -0.3 is 15.2 Å². The fourth-order valence-corrected chi connectivity index (χ4v) is 1.76. The van der Waals surface area contributed by atoms with E-state index in [9.17, 15) is 0 Å². The second-order valence-corrected chi connectivity index (χ2v) is 3.71. The Labute approximate surface area is 105 Å². The maximum atomic E-state index is 8.69. The van der Waals surface area contributed by atoms with Crippen molar-refractivity contribution in [1.29, 1.82) is 5.26 Å². The molecule has 0 aliphatic heterocycles. The number of anilines is 2. The number of nitrogens with zero attached hydrogens (tertiary/aromatic N) is 5. The Morgan fingerprint density at radius 1 is 1.50 bits per heavy atom. The van der Waals surface area contributed by atoms with Gasteiger partial charge in [0, 0.05) is 20.1 Å². The Kier molecular flexibility index (Phi) is 3.57. The fourth-order valence-electron chi connectivity index (χ4n) is 1.76. The van der Waals surface area contributed by atoms with Crippen LogP contribution >= 0.6 is 0 Å². The van der Waals surface area contributed by atoms with E-state index in [-0.39, 0.29) is 0 Å². The largest absolute Gasteiger partial charge is 0.357 e. The third kappa shape index (κ3) is 2.18. The van der Waals surface area contributed by atoms with Crippen molar-refractivity contribution < 1.29 is 0 Å². The Bertz CT molecular complexity index is 568. The zero-order valence-corrected chi connectivity index (χ0v) is 10.4. The van der Waals surface area contributed by atoms with E-state index in [4.69, 9.17) is 5.26 Å². The number of aromatic amines is 1. The quantitative estimate of drug-likeness (QED) is 0.820. The summed E-state index contributed by atoms with van der Waals surface area (Å²) >= 11 is 0. The van der Waals surface area contributed by atoms with Crippen LogP contribution in [0.2, 0.25) is 0 Å². The Balaban J connectivity index is 2.46. The van der Waals surface area contributed by atoms with Crippen molar-refractivity contribution in [1.82, 2.24) is 19.9 Å². The molecule has 94 valence electrons. The molecule has 0 fully saturated rings. The average Bonchev–Trinajstić information content (AvgIpc) is 2.87. The number of imidazole rings is 1. The summed E-state index contributed by atoms with van der Waals surface area (Å²) in [5.74, 6) is 1.31. The SMILES string of the molecule is CCN(CCC#N)c1nc(NC)nc2nc[nH]c12. The highest BCUT2D eigenvalue weighted by Gasteiger charge is 2.14. The van der Waals surface area contributed by atoms with E-state index in [0.29, 0.717) is 24.6 Å². The first-order valence-electron chi connectivity index (χ1n) is 5.81. The highest BCUT2D eigenvalue weighted by atomic mass is 15.2. The molecule has 0 unspecified atom stereocenters. The van der Waals surface area contributed by atoms with Crippen LogP contribution in [0, 0.1) is 11.3 Å². The summed E-state index contributed by atoms with van der Waals surface area (Å²) in [7, 11) is 1.77. The molecule has 7 nitrogen and oxygen atoms in total. The molecule has 0 radical (unpaired) electrons. The maximum Gasteiger partial charge on any atom is 0.226 e. The van der Waals surface area contributed by atoms with Gasteiger partial charge in [-0.1, -0.05) is 0 Å². The van der Waals surface area contributed by atoms with Gasteiger partial charge in [0.2, 0.25) is 5.95 Å². The van der Waals surface area contributed by atoms with Crippen LogP contribution in [-0.4, -0.2) is 40.1 Å². The molecule has 0 saturated heterocycles. The molecule has 18 heavy (non-hydrogen) atoms. The van der Waals surface area contributed by atoms with Gasteiger partial charge in [-0.05, 0) is 6.92 Å². The van der Waals surface area contributed by atoms with Crippen molar-refractivity contribution in [2.75, 3.05) is 30.4 Å². The number of hydrogen-bond donors (Lipinski definition) is 2. The first-order valence-corrected chi connectivity index (χ1v) is 5.81. The molecule has 0 saturated carbocycles. The topological polar surface area (TPSA) is 93.5 Å². The minimum absolute atomic E-state index is 0.461. The predicted octanol–water partition coefficient (Wildman–Crippen LogP) is 1.13. The summed E-state index contributed by atoms with van der Waals surface area (Å²) in [5, 5.41) is 11.6. The third-order valence-electron chi connectivity index (χ3n) is 2.66. The molecule has 2 rings (SSSR count). The number of nitrogens with one attached hydrogen (secondary N) is 2. The molecule has 0 aliphatic rings. The van der Waals surface area contributed by atoms with E-state index in [1.165, 1.54) is 0 Å². The average molecular weight is 245 g/mol. The standard InChI is InChI=1S/C11H15N7/c1-3-18(6-4-5-12)10-8-9(15-7-14-8)16-11(13-2)17-10/h7H,3-4,6H2,1-2H3,(H2,13,14,15,16,17). The molecular weight excluding hydrogens is 230 g/mol. The first kappa shape index (κ1) is 12.1. The van der Waals surface area contributed by atoms with Crippen LogP contribution < -0.4 is 10.2 Å². The molecule has 0 atom stereocenters. The number of aromatic nitrogens is 4. The number of H-pyrrole nitrogens is 1. The van der Waals surface area contributed by atoms with Crippen LogP contribution in [0.5, 0.6) is 0 Å². The lowest BCUT2D eigenvalue weighted by atomic mass is 10.3. The zero-order chi connectivity index (χ0) is 13.0. The predicted molar refractivity (Wildman–Crippen MR) is 69.3 cm³/mol. The van der Waals surface area contributed by atoms with Crippen molar-refractivity contribution in [2.45, 2.75) is 13.3 Å². The summed E-state index contributed by atoms with van der Waals surface area (Å²) in [6, 6.07) is 2.15. The minimum atomic E-state index is 0.461. The summed E-state index contributed by atoms with van der Waals surface area (Å²) in [6.45, 7) is 3.44. The lowest BCUT2D eigenvalue weighted by Crippen LogP contribution is -2.25. The van der Waals surface area contributed by atoms with Gasteiger partial charge in [0.25, 0.3) is 0 Å². The molecular formula is C11H15N7. The normalized spacial score (nSPS) is 10.3. The van der Waals surface area contributed by atoms with Gasteiger partial charge in [-0.15, -0.1) is 0 Å². The van der Waals surface area contributed by atoms with Crippen LogP contribution in [0.4, 0.5) is 11.8 Å². The highest BCUT2D eigenvalue weighted by molar-refractivity contribution is 5.84. The molecule has 0 amide bonds. The van der Waals surface area contributed by atoms with E-state index >= 15 is 0 Å².